The average molecular weight is 534 g/mol. The molecule has 2 aromatic rings. The number of anilines is 1. The van der Waals surface area contributed by atoms with Crippen LogP contribution < -0.4 is 11.1 Å². The predicted molar refractivity (Wildman–Crippen MR) is 131 cm³/mol. The monoisotopic (exact) mass is 533 g/mol. The van der Waals surface area contributed by atoms with Crippen LogP contribution in [0.4, 0.5) is 5.13 Å². The standard InChI is InChI=1S/C20H19N7O5S3/c1-2-32-25-12(15-24-20(21)35-26-15)16(28)23-13-17(29)27-14(19(30)31)10(9-34-18(13)27)6-8-33-11-5-3-4-7-22-11/h3-8,13,18H,2,9H2,1H3,(H,23,28)(H,30,31)(H2,21,24,26)/t13?,18-/m1/s1. The van der Waals surface area contributed by atoms with Gasteiger partial charge in [-0.15, -0.1) is 11.8 Å². The predicted octanol–water partition coefficient (Wildman–Crippen LogP) is 1.30. The van der Waals surface area contributed by atoms with Gasteiger partial charge in [-0.1, -0.05) is 23.0 Å². The number of amides is 2. The van der Waals surface area contributed by atoms with E-state index >= 15 is 0 Å². The summed E-state index contributed by atoms with van der Waals surface area (Å²) in [6.45, 7) is 1.89. The number of carbonyl (C=O) groups excluding carboxylic acids is 2. The average Bonchev–Trinajstić information content (AvgIpc) is 3.28. The van der Waals surface area contributed by atoms with E-state index in [1.54, 1.807) is 30.7 Å². The second kappa shape index (κ2) is 10.9. The fraction of sp³-hybridized carbons (Fsp3) is 0.250. The number of rotatable bonds is 9. The van der Waals surface area contributed by atoms with Gasteiger partial charge in [0.15, 0.2) is 5.13 Å². The van der Waals surface area contributed by atoms with E-state index in [0.717, 1.165) is 16.6 Å². The first-order valence-corrected chi connectivity index (χ1v) is 12.9. The number of fused-ring (bicyclic) bond motifs is 1. The number of aliphatic carboxylic acids is 1. The van der Waals surface area contributed by atoms with Crippen LogP contribution in [0.25, 0.3) is 0 Å². The molecule has 12 nitrogen and oxygen atoms in total. The van der Waals surface area contributed by atoms with Crippen molar-refractivity contribution in [2.24, 2.45) is 5.16 Å². The Morgan fingerprint density at radius 2 is 2.29 bits per heavy atom. The Morgan fingerprint density at radius 1 is 1.46 bits per heavy atom. The van der Waals surface area contributed by atoms with Crippen LogP contribution in [0.1, 0.15) is 12.7 Å². The fourth-order valence-corrected chi connectivity index (χ4v) is 5.63. The summed E-state index contributed by atoms with van der Waals surface area (Å²) < 4.78 is 3.97. The van der Waals surface area contributed by atoms with Gasteiger partial charge < -0.3 is 21.0 Å². The number of carbonyl (C=O) groups is 3. The molecule has 0 aliphatic carbocycles. The Labute approximate surface area is 211 Å². The van der Waals surface area contributed by atoms with Gasteiger partial charge in [0.1, 0.15) is 28.7 Å². The molecule has 0 aromatic carbocycles. The quantitative estimate of drug-likeness (QED) is 0.183. The van der Waals surface area contributed by atoms with E-state index in [4.69, 9.17) is 10.6 Å². The number of thioether (sulfide) groups is 2. The molecule has 0 spiro atoms. The molecule has 0 bridgehead atoms. The van der Waals surface area contributed by atoms with Crippen LogP contribution in [0, 0.1) is 0 Å². The van der Waals surface area contributed by atoms with E-state index in [-0.39, 0.29) is 29.0 Å². The summed E-state index contributed by atoms with van der Waals surface area (Å²) in [6, 6.07) is 4.54. The molecule has 1 unspecified atom stereocenters. The number of nitrogens with two attached hydrogens (primary N) is 1. The van der Waals surface area contributed by atoms with Crippen LogP contribution in [0.2, 0.25) is 0 Å². The molecule has 0 saturated carbocycles. The highest BCUT2D eigenvalue weighted by Crippen LogP contribution is 2.41. The number of nitrogens with one attached hydrogen (secondary N) is 1. The van der Waals surface area contributed by atoms with Crippen LogP contribution in [-0.4, -0.2) is 71.6 Å². The van der Waals surface area contributed by atoms with E-state index in [2.05, 4.69) is 24.8 Å². The van der Waals surface area contributed by atoms with E-state index in [1.165, 1.54) is 28.4 Å². The Hall–Kier alpha value is -3.43. The van der Waals surface area contributed by atoms with Crippen LogP contribution in [-0.2, 0) is 19.2 Å². The molecular weight excluding hydrogens is 514 g/mol. The second-order valence-electron chi connectivity index (χ2n) is 6.94. The molecule has 2 amide bonds. The summed E-state index contributed by atoms with van der Waals surface area (Å²) in [5, 5.41) is 18.2. The summed E-state index contributed by atoms with van der Waals surface area (Å²) in [4.78, 5) is 52.1. The minimum absolute atomic E-state index is 0.0256. The first-order chi connectivity index (χ1) is 16.9. The number of pyridine rings is 1. The number of nitrogens with zero attached hydrogens (tertiary/aromatic N) is 5. The first kappa shape index (κ1) is 24.7. The number of β-lactam (4-membered cyclic amide) rings is 1. The van der Waals surface area contributed by atoms with Gasteiger partial charge in [0, 0.05) is 23.5 Å². The van der Waals surface area contributed by atoms with Gasteiger partial charge in [0.05, 0.1) is 0 Å². The fourth-order valence-electron chi connectivity index (χ4n) is 3.23. The number of allylic oxidation sites excluding steroid dienone is 1. The van der Waals surface area contributed by atoms with E-state index in [1.807, 2.05) is 12.1 Å². The van der Waals surface area contributed by atoms with Crippen LogP contribution in [0.3, 0.4) is 0 Å². The summed E-state index contributed by atoms with van der Waals surface area (Å²) in [7, 11) is 0. The van der Waals surface area contributed by atoms with Gasteiger partial charge in [-0.05, 0) is 36.1 Å². The normalized spacial score (nSPS) is 20.0. The van der Waals surface area contributed by atoms with Crippen molar-refractivity contribution < 1.29 is 24.3 Å². The molecule has 15 heteroatoms. The lowest BCUT2D eigenvalue weighted by molar-refractivity contribution is -0.150. The second-order valence-corrected chi connectivity index (χ2v) is 9.76. The molecule has 2 aromatic heterocycles. The van der Waals surface area contributed by atoms with Gasteiger partial charge in [-0.3, -0.25) is 14.5 Å². The van der Waals surface area contributed by atoms with E-state index in [0.29, 0.717) is 11.3 Å². The third kappa shape index (κ3) is 5.31. The zero-order valence-electron chi connectivity index (χ0n) is 18.2. The van der Waals surface area contributed by atoms with Crippen LogP contribution in [0.5, 0.6) is 0 Å². The summed E-state index contributed by atoms with van der Waals surface area (Å²) in [5.74, 6) is -2.18. The minimum Gasteiger partial charge on any atom is -0.477 e. The SMILES string of the molecule is CCON=C(C(=O)NC1C(=O)N2C(C(=O)O)=C(C=CSc3ccccn3)CS[C@H]12)c1nsc(N)n1. The lowest BCUT2D eigenvalue weighted by Gasteiger charge is -2.49. The third-order valence-corrected chi connectivity index (χ3v) is 7.34. The molecule has 4 rings (SSSR count). The summed E-state index contributed by atoms with van der Waals surface area (Å²) >= 11 is 3.57. The number of carboxylic acids is 1. The zero-order valence-corrected chi connectivity index (χ0v) is 20.6. The molecule has 2 atom stereocenters. The molecule has 1 fully saturated rings. The Kier molecular flexibility index (Phi) is 7.67. The lowest BCUT2D eigenvalue weighted by atomic mass is 10.0. The maximum atomic E-state index is 12.9. The first-order valence-electron chi connectivity index (χ1n) is 10.2. The number of oxime groups is 1. The number of aromatic nitrogens is 3. The summed E-state index contributed by atoms with van der Waals surface area (Å²) in [5.41, 5.74) is 5.75. The van der Waals surface area contributed by atoms with Gasteiger partial charge >= 0.3 is 5.97 Å². The summed E-state index contributed by atoms with van der Waals surface area (Å²) in [6.07, 6.45) is 3.33. The molecule has 4 heterocycles. The molecule has 2 aliphatic rings. The van der Waals surface area contributed by atoms with Crippen molar-refractivity contribution in [3.8, 4) is 0 Å². The molecule has 1 saturated heterocycles. The van der Waals surface area contributed by atoms with Gasteiger partial charge in [-0.2, -0.15) is 9.36 Å². The van der Waals surface area contributed by atoms with Crippen molar-refractivity contribution in [2.45, 2.75) is 23.4 Å². The molecule has 2 aliphatic heterocycles. The number of hydrogen-bond acceptors (Lipinski definition) is 12. The highest BCUT2D eigenvalue weighted by Gasteiger charge is 2.54. The highest BCUT2D eigenvalue weighted by molar-refractivity contribution is 8.02. The van der Waals surface area contributed by atoms with Crippen molar-refractivity contribution in [3.05, 3.63) is 53.0 Å². The van der Waals surface area contributed by atoms with E-state index in [9.17, 15) is 19.5 Å². The zero-order chi connectivity index (χ0) is 24.9. The third-order valence-electron chi connectivity index (χ3n) is 4.74. The van der Waals surface area contributed by atoms with Gasteiger partial charge in [-0.25, -0.2) is 9.78 Å². The number of nitrogen functional groups attached to an aromatic ring is 1. The van der Waals surface area contributed by atoms with Crippen LogP contribution in [0.15, 0.2) is 57.3 Å². The molecule has 0 radical (unpaired) electrons. The molecule has 182 valence electrons. The van der Waals surface area contributed by atoms with Gasteiger partial charge in [0.2, 0.25) is 11.5 Å². The van der Waals surface area contributed by atoms with Crippen molar-refractivity contribution >= 4 is 63.7 Å². The topological polar surface area (TPSA) is 173 Å². The van der Waals surface area contributed by atoms with Crippen molar-refractivity contribution in [1.82, 2.24) is 24.6 Å². The maximum absolute atomic E-state index is 12.9. The van der Waals surface area contributed by atoms with E-state index < -0.39 is 29.2 Å². The smallest absolute Gasteiger partial charge is 0.352 e. The Bertz CT molecular complexity index is 1230. The number of carboxylic acid groups (broad SMARTS) is 1. The minimum atomic E-state index is -1.23. The Balaban J connectivity index is 1.49. The molecule has 4 N–H and O–H groups in total. The highest BCUT2D eigenvalue weighted by atomic mass is 32.2. The van der Waals surface area contributed by atoms with Crippen molar-refractivity contribution in [2.75, 3.05) is 18.1 Å². The van der Waals surface area contributed by atoms with Crippen molar-refractivity contribution in [3.63, 3.8) is 0 Å². The molecule has 35 heavy (non-hydrogen) atoms. The largest absolute Gasteiger partial charge is 0.477 e. The van der Waals surface area contributed by atoms with Crippen LogP contribution >= 0.6 is 35.1 Å². The Morgan fingerprint density at radius 3 is 2.94 bits per heavy atom. The van der Waals surface area contributed by atoms with Gasteiger partial charge in [0.25, 0.3) is 11.8 Å². The lowest BCUT2D eigenvalue weighted by Crippen LogP contribution is -2.71. The molecular formula is C20H19N7O5S3. The maximum Gasteiger partial charge on any atom is 0.352 e. The van der Waals surface area contributed by atoms with Crippen molar-refractivity contribution in [1.29, 1.82) is 0 Å². The number of hydrogen-bond donors (Lipinski definition) is 3.